The highest BCUT2D eigenvalue weighted by Crippen LogP contribution is 2.52. The van der Waals surface area contributed by atoms with Gasteiger partial charge in [-0.25, -0.2) is 4.79 Å². The minimum atomic E-state index is -1.13. The summed E-state index contributed by atoms with van der Waals surface area (Å²) in [6, 6.07) is -0.557. The maximum Gasteiger partial charge on any atom is 0.353 e. The van der Waals surface area contributed by atoms with Crippen molar-refractivity contribution in [2.75, 3.05) is 26.7 Å². The van der Waals surface area contributed by atoms with E-state index in [1.807, 2.05) is 23.8 Å². The number of aliphatic hydroxyl groups excluding tert-OH is 1. The van der Waals surface area contributed by atoms with E-state index >= 15 is 0 Å². The molecule has 188 valence electrons. The lowest BCUT2D eigenvalue weighted by Crippen LogP contribution is -2.63. The number of likely N-dealkylation sites (tertiary alicyclic amines) is 2. The molecule has 0 aromatic rings. The van der Waals surface area contributed by atoms with E-state index in [9.17, 15) is 24.6 Å². The number of piperidine rings is 1. The number of hydrogen-bond donors (Lipinski definition) is 4. The van der Waals surface area contributed by atoms with Gasteiger partial charge in [0.15, 0.2) is 5.96 Å². The minimum absolute atomic E-state index is 0.0311. The maximum absolute atomic E-state index is 13.2. The molecule has 0 aliphatic carbocycles. The molecule has 0 aromatic carbocycles. The second-order valence-corrected chi connectivity index (χ2v) is 11.2. The molecule has 4 aliphatic heterocycles. The van der Waals surface area contributed by atoms with Crippen LogP contribution < -0.4 is 11.5 Å². The number of fused-ring (bicyclic) bond motifs is 1. The molecule has 4 aliphatic rings. The molecule has 3 fully saturated rings. The predicted molar refractivity (Wildman–Crippen MR) is 127 cm³/mol. The average molecular weight is 495 g/mol. The van der Waals surface area contributed by atoms with Gasteiger partial charge >= 0.3 is 5.97 Å². The molecule has 0 aromatic heterocycles. The van der Waals surface area contributed by atoms with Crippen molar-refractivity contribution in [3.63, 3.8) is 0 Å². The first-order chi connectivity index (χ1) is 16.0. The third kappa shape index (κ3) is 4.27. The third-order valence-corrected chi connectivity index (χ3v) is 9.00. The second-order valence-electron chi connectivity index (χ2n) is 9.81. The fourth-order valence-electron chi connectivity index (χ4n) is 5.82. The van der Waals surface area contributed by atoms with E-state index in [0.717, 1.165) is 12.8 Å². The van der Waals surface area contributed by atoms with Crippen LogP contribution in [0.5, 0.6) is 0 Å². The van der Waals surface area contributed by atoms with Gasteiger partial charge in [-0.15, -0.1) is 11.8 Å². The second kappa shape index (κ2) is 9.38. The number of aliphatic carboxylic acids is 1. The highest BCUT2D eigenvalue weighted by atomic mass is 32.2. The Hall–Kier alpha value is -2.31. The van der Waals surface area contributed by atoms with Gasteiger partial charge < -0.3 is 31.5 Å². The monoisotopic (exact) mass is 494 g/mol. The normalized spacial score (nSPS) is 33.1. The zero-order chi connectivity index (χ0) is 24.9. The molecule has 0 saturated carbocycles. The molecule has 0 spiro atoms. The summed E-state index contributed by atoms with van der Waals surface area (Å²) in [7, 11) is 1.92. The van der Waals surface area contributed by atoms with Gasteiger partial charge in [0.25, 0.3) is 0 Å². The Morgan fingerprint density at radius 3 is 2.44 bits per heavy atom. The number of aliphatic hydroxyl groups is 1. The van der Waals surface area contributed by atoms with E-state index in [-0.39, 0.29) is 52.8 Å². The topological polar surface area (TPSA) is 166 Å². The Morgan fingerprint density at radius 1 is 1.24 bits per heavy atom. The Bertz CT molecular complexity index is 927. The molecule has 11 nitrogen and oxygen atoms in total. The summed E-state index contributed by atoms with van der Waals surface area (Å²) in [5.74, 6) is -2.07. The predicted octanol–water partition coefficient (Wildman–Crippen LogP) is -0.790. The SMILES string of the molecule is C[C@@H](O)[C@H]1C(=O)N2C(C(=O)O)=C(S[C@H]3C[C@@H](C(=O)N4CCC(N=C(N)N)CC4)N(C)C3)[C@H](C)[C@H]12. The van der Waals surface area contributed by atoms with Crippen LogP contribution >= 0.6 is 11.8 Å². The largest absolute Gasteiger partial charge is 0.477 e. The van der Waals surface area contributed by atoms with Gasteiger partial charge in [0.05, 0.1) is 30.1 Å². The van der Waals surface area contributed by atoms with Gasteiger partial charge in [0, 0.05) is 35.7 Å². The van der Waals surface area contributed by atoms with Gasteiger partial charge in [-0.2, -0.15) is 0 Å². The summed E-state index contributed by atoms with van der Waals surface area (Å²) in [6.45, 7) is 5.34. The number of rotatable bonds is 6. The smallest absolute Gasteiger partial charge is 0.353 e. The fraction of sp³-hybridized carbons (Fsp3) is 0.727. The maximum atomic E-state index is 13.2. The van der Waals surface area contributed by atoms with Crippen molar-refractivity contribution in [1.29, 1.82) is 0 Å². The number of β-lactam (4-membered cyclic amide) rings is 1. The molecule has 4 rings (SSSR count). The summed E-state index contributed by atoms with van der Waals surface area (Å²) >= 11 is 1.47. The van der Waals surface area contributed by atoms with Gasteiger partial charge in [0.1, 0.15) is 5.70 Å². The van der Waals surface area contributed by atoms with Crippen molar-refractivity contribution in [2.24, 2.45) is 28.3 Å². The molecular weight excluding hydrogens is 460 g/mol. The van der Waals surface area contributed by atoms with Crippen LogP contribution in [-0.4, -0.2) is 105 Å². The Kier molecular flexibility index (Phi) is 6.85. The molecule has 0 bridgehead atoms. The molecule has 2 amide bonds. The number of thioether (sulfide) groups is 1. The molecule has 6 N–H and O–H groups in total. The first-order valence-electron chi connectivity index (χ1n) is 11.7. The van der Waals surface area contributed by atoms with Crippen molar-refractivity contribution in [3.8, 4) is 0 Å². The van der Waals surface area contributed by atoms with E-state index in [2.05, 4.69) is 4.99 Å². The number of amides is 2. The lowest BCUT2D eigenvalue weighted by molar-refractivity contribution is -0.163. The van der Waals surface area contributed by atoms with Crippen LogP contribution in [0, 0.1) is 11.8 Å². The number of nitrogens with zero attached hydrogens (tertiary/aromatic N) is 4. The van der Waals surface area contributed by atoms with Crippen LogP contribution in [-0.2, 0) is 14.4 Å². The van der Waals surface area contributed by atoms with Gasteiger partial charge in [-0.05, 0) is 33.2 Å². The molecule has 0 radical (unpaired) electrons. The zero-order valence-corrected chi connectivity index (χ0v) is 20.6. The molecular formula is C22H34N6O5S. The number of aliphatic imine (C=N–C) groups is 1. The number of guanidine groups is 1. The van der Waals surface area contributed by atoms with Crippen molar-refractivity contribution < 1.29 is 24.6 Å². The number of nitrogens with two attached hydrogens (primary N) is 2. The third-order valence-electron chi connectivity index (χ3n) is 7.51. The van der Waals surface area contributed by atoms with Gasteiger partial charge in [0.2, 0.25) is 11.8 Å². The Balaban J connectivity index is 1.42. The highest BCUT2D eigenvalue weighted by Gasteiger charge is 2.60. The Morgan fingerprint density at radius 2 is 1.88 bits per heavy atom. The van der Waals surface area contributed by atoms with Crippen LogP contribution in [0.4, 0.5) is 0 Å². The standard InChI is InChI=1S/C22H34N6O5S/c1-10-16-15(11(2)29)20(31)28(16)17(21(32)33)18(10)34-13-8-14(26(3)9-13)19(30)27-6-4-12(5-7-27)25-22(23)24/h10-16,29H,4-9H2,1-3H3,(H,32,33)(H4,23,24,25)/t10-,11-,13+,14+,15-,16-/m1/s1. The summed E-state index contributed by atoms with van der Waals surface area (Å²) in [4.78, 5) is 48.0. The van der Waals surface area contributed by atoms with E-state index in [1.165, 1.54) is 16.7 Å². The van der Waals surface area contributed by atoms with E-state index in [1.54, 1.807) is 6.92 Å². The minimum Gasteiger partial charge on any atom is -0.477 e. The number of carboxylic acids is 1. The highest BCUT2D eigenvalue weighted by molar-refractivity contribution is 8.03. The van der Waals surface area contributed by atoms with Crippen LogP contribution in [0.1, 0.15) is 33.1 Å². The summed E-state index contributed by atoms with van der Waals surface area (Å²) < 4.78 is 0. The quantitative estimate of drug-likeness (QED) is 0.210. The van der Waals surface area contributed by atoms with Crippen LogP contribution in [0.2, 0.25) is 0 Å². The number of hydrogen-bond acceptors (Lipinski definition) is 7. The van der Waals surface area contributed by atoms with Crippen molar-refractivity contribution >= 4 is 35.5 Å². The first-order valence-corrected chi connectivity index (χ1v) is 12.6. The van der Waals surface area contributed by atoms with Gasteiger partial charge in [-0.1, -0.05) is 6.92 Å². The first kappa shape index (κ1) is 24.8. The van der Waals surface area contributed by atoms with Crippen molar-refractivity contribution in [2.45, 2.75) is 62.6 Å². The molecule has 6 atom stereocenters. The molecule has 3 saturated heterocycles. The van der Waals surface area contributed by atoms with E-state index in [0.29, 0.717) is 31.0 Å². The molecule has 0 unspecified atom stereocenters. The summed E-state index contributed by atoms with van der Waals surface area (Å²) in [6.07, 6.45) is 1.22. The van der Waals surface area contributed by atoms with Crippen molar-refractivity contribution in [1.82, 2.24) is 14.7 Å². The summed E-state index contributed by atoms with van der Waals surface area (Å²) in [5.41, 5.74) is 11.0. The molecule has 34 heavy (non-hydrogen) atoms. The lowest BCUT2D eigenvalue weighted by Gasteiger charge is -2.46. The van der Waals surface area contributed by atoms with Gasteiger partial charge in [-0.3, -0.25) is 19.5 Å². The molecule has 4 heterocycles. The van der Waals surface area contributed by atoms with Crippen molar-refractivity contribution in [3.05, 3.63) is 10.6 Å². The van der Waals surface area contributed by atoms with Crippen LogP contribution in [0.15, 0.2) is 15.6 Å². The van der Waals surface area contributed by atoms with Crippen LogP contribution in [0.3, 0.4) is 0 Å². The molecule has 12 heteroatoms. The number of likely N-dealkylation sites (N-methyl/N-ethyl adjacent to an activating group) is 1. The number of carboxylic acid groups (broad SMARTS) is 1. The lowest BCUT2D eigenvalue weighted by atomic mass is 9.79. The number of carbonyl (C=O) groups is 3. The summed E-state index contributed by atoms with van der Waals surface area (Å²) in [5, 5.41) is 19.9. The number of carbonyl (C=O) groups excluding carboxylic acids is 2. The van der Waals surface area contributed by atoms with Crippen LogP contribution in [0.25, 0.3) is 0 Å². The zero-order valence-electron chi connectivity index (χ0n) is 19.8. The van der Waals surface area contributed by atoms with E-state index in [4.69, 9.17) is 11.5 Å². The average Bonchev–Trinajstić information content (AvgIpc) is 3.23. The Labute approximate surface area is 203 Å². The van der Waals surface area contributed by atoms with E-state index < -0.39 is 18.0 Å². The fourth-order valence-corrected chi connectivity index (χ4v) is 7.42.